The molecule has 1 N–H and O–H groups in total. The smallest absolute Gasteiger partial charge is 0.226 e. The van der Waals surface area contributed by atoms with Crippen LogP contribution < -0.4 is 10.4 Å². The highest BCUT2D eigenvalue weighted by atomic mass is 16.5. The second kappa shape index (κ2) is 6.02. The number of nitrogens with one attached hydrogen (secondary N) is 1. The summed E-state index contributed by atoms with van der Waals surface area (Å²) in [4.78, 5) is 23.5. The van der Waals surface area contributed by atoms with Crippen LogP contribution >= 0.6 is 0 Å². The highest BCUT2D eigenvalue weighted by Crippen LogP contribution is 2.38. The van der Waals surface area contributed by atoms with Gasteiger partial charge in [-0.2, -0.15) is 0 Å². The largest absolute Gasteiger partial charge is 0.550 e. The number of ether oxygens (including phenoxy) is 1. The first-order valence-corrected chi connectivity index (χ1v) is 7.67. The van der Waals surface area contributed by atoms with Gasteiger partial charge < -0.3 is 20.0 Å². The molecule has 2 aliphatic heterocycles. The molecule has 2 bridgehead atoms. The highest BCUT2D eigenvalue weighted by Gasteiger charge is 2.50. The van der Waals surface area contributed by atoms with Gasteiger partial charge in [-0.05, 0) is 32.1 Å². The number of carbonyl (C=O) groups is 2. The summed E-state index contributed by atoms with van der Waals surface area (Å²) in [6.45, 7) is 0.558. The van der Waals surface area contributed by atoms with Gasteiger partial charge in [0.25, 0.3) is 0 Å². The maximum absolute atomic E-state index is 12.3. The van der Waals surface area contributed by atoms with E-state index in [1.807, 2.05) is 0 Å². The summed E-state index contributed by atoms with van der Waals surface area (Å²) >= 11 is 0. The molecule has 1 saturated heterocycles. The monoisotopic (exact) mass is 290 g/mol. The van der Waals surface area contributed by atoms with Gasteiger partial charge in [0.1, 0.15) is 0 Å². The Balaban J connectivity index is 1.54. The van der Waals surface area contributed by atoms with Gasteiger partial charge in [0.15, 0.2) is 0 Å². The number of amides is 1. The SMILES string of the molecule is O=C([O-])[C@@H]1[C@H](C(=O)NCCC2=CCCCC2)[C@H]2C=C[C@@H]1O2. The van der Waals surface area contributed by atoms with Gasteiger partial charge in [-0.15, -0.1) is 0 Å². The third kappa shape index (κ3) is 2.88. The zero-order valence-corrected chi connectivity index (χ0v) is 11.9. The molecule has 0 spiro atoms. The lowest BCUT2D eigenvalue weighted by Gasteiger charge is -2.25. The molecule has 114 valence electrons. The van der Waals surface area contributed by atoms with Crippen molar-refractivity contribution in [3.63, 3.8) is 0 Å². The maximum atomic E-state index is 12.3. The molecular formula is C16H20NO4-. The molecule has 0 aromatic carbocycles. The number of hydrogen-bond donors (Lipinski definition) is 1. The zero-order chi connectivity index (χ0) is 14.8. The number of hydrogen-bond acceptors (Lipinski definition) is 4. The molecule has 0 radical (unpaired) electrons. The summed E-state index contributed by atoms with van der Waals surface area (Å²) in [5.41, 5.74) is 1.39. The number of carboxylic acids is 1. The normalized spacial score (nSPS) is 33.8. The van der Waals surface area contributed by atoms with Crippen LogP contribution in [0.3, 0.4) is 0 Å². The second-order valence-corrected chi connectivity index (χ2v) is 5.97. The topological polar surface area (TPSA) is 78.5 Å². The molecule has 5 nitrogen and oxygen atoms in total. The molecule has 1 fully saturated rings. The first kappa shape index (κ1) is 14.3. The molecule has 0 aromatic rings. The second-order valence-electron chi connectivity index (χ2n) is 5.97. The van der Waals surface area contributed by atoms with Crippen molar-refractivity contribution in [2.75, 3.05) is 6.54 Å². The van der Waals surface area contributed by atoms with Crippen molar-refractivity contribution in [2.24, 2.45) is 11.8 Å². The van der Waals surface area contributed by atoms with E-state index in [9.17, 15) is 14.7 Å². The minimum absolute atomic E-state index is 0.238. The van der Waals surface area contributed by atoms with Crippen LogP contribution in [0.4, 0.5) is 0 Å². The van der Waals surface area contributed by atoms with Crippen molar-refractivity contribution >= 4 is 11.9 Å². The summed E-state index contributed by atoms with van der Waals surface area (Å²) in [5, 5.41) is 14.1. The van der Waals surface area contributed by atoms with Gasteiger partial charge in [-0.1, -0.05) is 23.8 Å². The Bertz CT molecular complexity index is 497. The Morgan fingerprint density at radius 2 is 2.00 bits per heavy atom. The Morgan fingerprint density at radius 1 is 1.24 bits per heavy atom. The average Bonchev–Trinajstić information content (AvgIpc) is 3.08. The van der Waals surface area contributed by atoms with Crippen LogP contribution in [0, 0.1) is 11.8 Å². The number of rotatable bonds is 5. The van der Waals surface area contributed by atoms with Crippen LogP contribution in [0.25, 0.3) is 0 Å². The fourth-order valence-electron chi connectivity index (χ4n) is 3.50. The minimum Gasteiger partial charge on any atom is -0.550 e. The van der Waals surface area contributed by atoms with Crippen molar-refractivity contribution in [2.45, 2.75) is 44.3 Å². The van der Waals surface area contributed by atoms with E-state index in [-0.39, 0.29) is 5.91 Å². The van der Waals surface area contributed by atoms with Crippen molar-refractivity contribution < 1.29 is 19.4 Å². The van der Waals surface area contributed by atoms with Crippen molar-refractivity contribution in [3.05, 3.63) is 23.8 Å². The summed E-state index contributed by atoms with van der Waals surface area (Å²) in [7, 11) is 0. The van der Waals surface area contributed by atoms with Crippen LogP contribution in [0.15, 0.2) is 23.8 Å². The summed E-state index contributed by atoms with van der Waals surface area (Å²) in [6.07, 6.45) is 10.3. The number of carbonyl (C=O) groups excluding carboxylic acids is 2. The molecular weight excluding hydrogens is 270 g/mol. The molecule has 2 heterocycles. The molecule has 3 aliphatic rings. The van der Waals surface area contributed by atoms with Gasteiger partial charge in [-0.25, -0.2) is 0 Å². The van der Waals surface area contributed by atoms with E-state index < -0.39 is 30.0 Å². The number of carboxylic acid groups (broad SMARTS) is 1. The molecule has 0 aromatic heterocycles. The number of aliphatic carboxylic acids is 1. The van der Waals surface area contributed by atoms with Crippen LogP contribution in [-0.4, -0.2) is 30.6 Å². The lowest BCUT2D eigenvalue weighted by molar-refractivity contribution is -0.313. The van der Waals surface area contributed by atoms with Gasteiger partial charge in [-0.3, -0.25) is 4.79 Å². The van der Waals surface area contributed by atoms with E-state index in [1.165, 1.54) is 18.4 Å². The first-order valence-electron chi connectivity index (χ1n) is 7.67. The van der Waals surface area contributed by atoms with Crippen molar-refractivity contribution in [1.29, 1.82) is 0 Å². The van der Waals surface area contributed by atoms with Gasteiger partial charge in [0.05, 0.1) is 18.1 Å². The van der Waals surface area contributed by atoms with Crippen LogP contribution in [0.1, 0.15) is 32.1 Å². The van der Waals surface area contributed by atoms with E-state index in [0.29, 0.717) is 6.54 Å². The molecule has 0 saturated carbocycles. The Morgan fingerprint density at radius 3 is 2.67 bits per heavy atom. The Kier molecular flexibility index (Phi) is 4.10. The van der Waals surface area contributed by atoms with E-state index >= 15 is 0 Å². The number of fused-ring (bicyclic) bond motifs is 2. The summed E-state index contributed by atoms with van der Waals surface area (Å²) < 4.78 is 5.47. The first-order chi connectivity index (χ1) is 10.2. The van der Waals surface area contributed by atoms with E-state index in [0.717, 1.165) is 19.3 Å². The van der Waals surface area contributed by atoms with E-state index in [1.54, 1.807) is 12.2 Å². The average molecular weight is 290 g/mol. The Labute approximate surface area is 124 Å². The fourth-order valence-corrected chi connectivity index (χ4v) is 3.50. The lowest BCUT2D eigenvalue weighted by atomic mass is 9.82. The van der Waals surface area contributed by atoms with Gasteiger partial charge in [0, 0.05) is 18.4 Å². The lowest BCUT2D eigenvalue weighted by Crippen LogP contribution is -2.47. The van der Waals surface area contributed by atoms with E-state index in [2.05, 4.69) is 11.4 Å². The third-order valence-corrected chi connectivity index (χ3v) is 4.60. The van der Waals surface area contributed by atoms with E-state index in [4.69, 9.17) is 4.74 Å². The number of allylic oxidation sites excluding steroid dienone is 1. The van der Waals surface area contributed by atoms with Crippen LogP contribution in [0.2, 0.25) is 0 Å². The van der Waals surface area contributed by atoms with Gasteiger partial charge in [0.2, 0.25) is 5.91 Å². The molecule has 4 atom stereocenters. The van der Waals surface area contributed by atoms with Gasteiger partial charge >= 0.3 is 0 Å². The van der Waals surface area contributed by atoms with Crippen molar-refractivity contribution in [3.8, 4) is 0 Å². The zero-order valence-electron chi connectivity index (χ0n) is 11.9. The fraction of sp³-hybridized carbons (Fsp3) is 0.625. The standard InChI is InChI=1S/C16H21NO4/c18-15(17-9-8-10-4-2-1-3-5-10)13-11-6-7-12(21-11)14(13)16(19)20/h4,6-7,11-14H,1-3,5,8-9H2,(H,17,18)(H,19,20)/p-1/t11-,12+,13-,14+/m1/s1. The quantitative estimate of drug-likeness (QED) is 0.739. The predicted octanol–water partition coefficient (Wildman–Crippen LogP) is 0.313. The summed E-state index contributed by atoms with van der Waals surface area (Å²) in [6, 6.07) is 0. The van der Waals surface area contributed by atoms with Crippen LogP contribution in [-0.2, 0) is 14.3 Å². The van der Waals surface area contributed by atoms with Crippen molar-refractivity contribution in [1.82, 2.24) is 5.32 Å². The molecule has 21 heavy (non-hydrogen) atoms. The molecule has 1 aliphatic carbocycles. The Hall–Kier alpha value is -1.62. The predicted molar refractivity (Wildman–Crippen MR) is 74.0 cm³/mol. The van der Waals surface area contributed by atoms with Crippen LogP contribution in [0.5, 0.6) is 0 Å². The highest BCUT2D eigenvalue weighted by molar-refractivity contribution is 5.86. The molecule has 5 heteroatoms. The summed E-state index contributed by atoms with van der Waals surface area (Å²) in [5.74, 6) is -2.97. The molecule has 3 rings (SSSR count). The minimum atomic E-state index is -1.21. The third-order valence-electron chi connectivity index (χ3n) is 4.60. The maximum Gasteiger partial charge on any atom is 0.226 e. The molecule has 0 unspecified atom stereocenters. The molecule has 1 amide bonds.